The molecule has 0 bridgehead atoms. The Morgan fingerprint density at radius 1 is 1.00 bits per heavy atom. The molecule has 5 heteroatoms. The molecule has 0 fully saturated rings. The number of rotatable bonds is 8. The number of hydrogen-bond acceptors (Lipinski definition) is 4. The monoisotopic (exact) mass is 336 g/mol. The van der Waals surface area contributed by atoms with Crippen molar-refractivity contribution in [2.75, 3.05) is 13.2 Å². The van der Waals surface area contributed by atoms with Crippen molar-refractivity contribution in [1.29, 1.82) is 5.26 Å². The molecular weight excluding hydrogens is 316 g/mol. The third kappa shape index (κ3) is 6.11. The maximum absolute atomic E-state index is 12.2. The van der Waals surface area contributed by atoms with Crippen LogP contribution < -0.4 is 5.32 Å². The average Bonchev–Trinajstić information content (AvgIpc) is 2.66. The molecule has 0 spiro atoms. The maximum Gasteiger partial charge on any atom is 0.307 e. The van der Waals surface area contributed by atoms with Crippen LogP contribution in [-0.4, -0.2) is 25.0 Å². The summed E-state index contributed by atoms with van der Waals surface area (Å²) in [6.45, 7) is -0.0793. The van der Waals surface area contributed by atoms with E-state index in [2.05, 4.69) is 5.32 Å². The van der Waals surface area contributed by atoms with Gasteiger partial charge in [0.25, 0.3) is 5.91 Å². The summed E-state index contributed by atoms with van der Waals surface area (Å²) in [6.07, 6.45) is 0.378. The highest BCUT2D eigenvalue weighted by Crippen LogP contribution is 2.28. The number of nitriles is 1. The Morgan fingerprint density at radius 3 is 2.08 bits per heavy atom. The Morgan fingerprint density at radius 2 is 1.56 bits per heavy atom. The quantitative estimate of drug-likeness (QED) is 0.594. The van der Waals surface area contributed by atoms with Crippen molar-refractivity contribution in [2.24, 2.45) is 0 Å². The van der Waals surface area contributed by atoms with Crippen LogP contribution in [0.25, 0.3) is 0 Å². The molecule has 5 nitrogen and oxygen atoms in total. The van der Waals surface area contributed by atoms with Crippen molar-refractivity contribution >= 4 is 11.9 Å². The Labute approximate surface area is 147 Å². The van der Waals surface area contributed by atoms with E-state index in [9.17, 15) is 9.59 Å². The normalized spacial score (nSPS) is 10.1. The topological polar surface area (TPSA) is 79.2 Å². The molecule has 0 saturated heterocycles. The smallest absolute Gasteiger partial charge is 0.307 e. The second kappa shape index (κ2) is 9.89. The molecule has 0 unspecified atom stereocenters. The molecule has 128 valence electrons. The first-order valence-electron chi connectivity index (χ1n) is 8.10. The predicted octanol–water partition coefficient (Wildman–Crippen LogP) is 2.78. The van der Waals surface area contributed by atoms with Crippen LogP contribution in [0.1, 0.15) is 29.9 Å². The molecule has 0 aromatic heterocycles. The van der Waals surface area contributed by atoms with Crippen molar-refractivity contribution in [3.8, 4) is 6.07 Å². The summed E-state index contributed by atoms with van der Waals surface area (Å²) in [5, 5.41) is 10.9. The van der Waals surface area contributed by atoms with Crippen LogP contribution in [0.5, 0.6) is 0 Å². The number of ether oxygens (including phenoxy) is 1. The molecule has 2 rings (SSSR count). The van der Waals surface area contributed by atoms with Gasteiger partial charge in [0.15, 0.2) is 6.61 Å². The predicted molar refractivity (Wildman–Crippen MR) is 93.5 cm³/mol. The molecule has 25 heavy (non-hydrogen) atoms. The minimum Gasteiger partial charge on any atom is -0.456 e. The zero-order valence-corrected chi connectivity index (χ0v) is 13.9. The van der Waals surface area contributed by atoms with Gasteiger partial charge in [-0.25, -0.2) is 0 Å². The van der Waals surface area contributed by atoms with E-state index in [1.807, 2.05) is 66.7 Å². The summed E-state index contributed by atoms with van der Waals surface area (Å²) in [7, 11) is 0. The van der Waals surface area contributed by atoms with Gasteiger partial charge >= 0.3 is 5.97 Å². The molecule has 0 saturated carbocycles. The highest BCUT2D eigenvalue weighted by Gasteiger charge is 2.19. The summed E-state index contributed by atoms with van der Waals surface area (Å²) in [4.78, 5) is 23.7. The van der Waals surface area contributed by atoms with Crippen molar-refractivity contribution in [2.45, 2.75) is 18.8 Å². The molecule has 0 aliphatic rings. The first-order valence-corrected chi connectivity index (χ1v) is 8.10. The van der Waals surface area contributed by atoms with Gasteiger partial charge in [0, 0.05) is 12.5 Å². The van der Waals surface area contributed by atoms with Crippen molar-refractivity contribution in [3.63, 3.8) is 0 Å². The molecule has 0 heterocycles. The number of amides is 1. The maximum atomic E-state index is 12.2. The summed E-state index contributed by atoms with van der Waals surface area (Å²) in [6, 6.07) is 21.4. The number of benzene rings is 2. The lowest BCUT2D eigenvalue weighted by molar-refractivity contribution is -0.148. The number of nitrogens with zero attached hydrogens (tertiary/aromatic N) is 1. The lowest BCUT2D eigenvalue weighted by atomic mass is 9.89. The van der Waals surface area contributed by atoms with Gasteiger partial charge in [-0.3, -0.25) is 9.59 Å². The van der Waals surface area contributed by atoms with Crippen molar-refractivity contribution in [1.82, 2.24) is 5.32 Å². The molecule has 0 aliphatic heterocycles. The zero-order valence-electron chi connectivity index (χ0n) is 13.9. The van der Waals surface area contributed by atoms with Gasteiger partial charge in [-0.2, -0.15) is 5.26 Å². The summed E-state index contributed by atoms with van der Waals surface area (Å²) in [5.74, 6) is -0.968. The van der Waals surface area contributed by atoms with Crippen LogP contribution in [0.4, 0.5) is 0 Å². The average molecular weight is 336 g/mol. The van der Waals surface area contributed by atoms with Crippen molar-refractivity contribution < 1.29 is 14.3 Å². The number of nitrogens with one attached hydrogen (secondary N) is 1. The van der Waals surface area contributed by atoms with Crippen LogP contribution in [0.15, 0.2) is 60.7 Å². The van der Waals surface area contributed by atoms with Gasteiger partial charge in [-0.15, -0.1) is 0 Å². The molecule has 0 radical (unpaired) electrons. The first kappa shape index (κ1) is 18.2. The first-order chi connectivity index (χ1) is 12.2. The minimum atomic E-state index is -0.437. The Balaban J connectivity index is 1.97. The zero-order chi connectivity index (χ0) is 17.9. The highest BCUT2D eigenvalue weighted by atomic mass is 16.5. The van der Waals surface area contributed by atoms with E-state index in [1.165, 1.54) is 0 Å². The van der Waals surface area contributed by atoms with E-state index >= 15 is 0 Å². The number of hydrogen-bond donors (Lipinski definition) is 1. The van der Waals surface area contributed by atoms with Crippen LogP contribution in [0, 0.1) is 11.3 Å². The fourth-order valence-electron chi connectivity index (χ4n) is 2.48. The number of esters is 1. The van der Waals surface area contributed by atoms with E-state index in [1.54, 1.807) is 0 Å². The molecule has 2 aromatic carbocycles. The summed E-state index contributed by atoms with van der Waals surface area (Å²) >= 11 is 0. The van der Waals surface area contributed by atoms with Crippen LogP contribution >= 0.6 is 0 Å². The van der Waals surface area contributed by atoms with Gasteiger partial charge in [0.1, 0.15) is 0 Å². The third-order valence-electron chi connectivity index (χ3n) is 3.70. The molecule has 0 aliphatic carbocycles. The van der Waals surface area contributed by atoms with Crippen molar-refractivity contribution in [3.05, 3.63) is 71.8 Å². The second-order valence-electron chi connectivity index (χ2n) is 5.50. The number of carbonyl (C=O) groups excluding carboxylic acids is 2. The van der Waals surface area contributed by atoms with Crippen LogP contribution in [0.2, 0.25) is 0 Å². The Kier molecular flexibility index (Phi) is 7.20. The van der Waals surface area contributed by atoms with E-state index in [0.717, 1.165) is 11.1 Å². The van der Waals surface area contributed by atoms with Gasteiger partial charge in [0.05, 0.1) is 18.9 Å². The van der Waals surface area contributed by atoms with E-state index < -0.39 is 11.9 Å². The Hall–Kier alpha value is -3.13. The summed E-state index contributed by atoms with van der Waals surface area (Å²) in [5.41, 5.74) is 2.04. The number of carbonyl (C=O) groups is 2. The van der Waals surface area contributed by atoms with Gasteiger partial charge in [-0.05, 0) is 11.1 Å². The standard InChI is InChI=1S/C20H20N2O3/c21-12-7-13-22-19(23)15-25-20(24)14-18(16-8-3-1-4-9-16)17-10-5-2-6-11-17/h1-6,8-11,18H,7,13-15H2,(H,22,23). The SMILES string of the molecule is N#CCCNC(=O)COC(=O)CC(c1ccccc1)c1ccccc1. The summed E-state index contributed by atoms with van der Waals surface area (Å²) < 4.78 is 5.07. The Bertz CT molecular complexity index is 684. The fourth-order valence-corrected chi connectivity index (χ4v) is 2.48. The lowest BCUT2D eigenvalue weighted by Gasteiger charge is -2.17. The molecule has 1 N–H and O–H groups in total. The van der Waals surface area contributed by atoms with E-state index in [-0.39, 0.29) is 31.9 Å². The molecule has 1 amide bonds. The second-order valence-corrected chi connectivity index (χ2v) is 5.50. The highest BCUT2D eigenvalue weighted by molar-refractivity contribution is 5.80. The lowest BCUT2D eigenvalue weighted by Crippen LogP contribution is -2.29. The molecule has 0 atom stereocenters. The van der Waals surface area contributed by atoms with E-state index in [0.29, 0.717) is 0 Å². The van der Waals surface area contributed by atoms with Crippen LogP contribution in [-0.2, 0) is 14.3 Å². The van der Waals surface area contributed by atoms with Crippen LogP contribution in [0.3, 0.4) is 0 Å². The van der Waals surface area contributed by atoms with Gasteiger partial charge in [0.2, 0.25) is 0 Å². The molecule has 2 aromatic rings. The molecular formula is C20H20N2O3. The fraction of sp³-hybridized carbons (Fsp3) is 0.250. The third-order valence-corrected chi connectivity index (χ3v) is 3.70. The van der Waals surface area contributed by atoms with Gasteiger partial charge < -0.3 is 10.1 Å². The largest absolute Gasteiger partial charge is 0.456 e. The van der Waals surface area contributed by atoms with Gasteiger partial charge in [-0.1, -0.05) is 60.7 Å². The van der Waals surface area contributed by atoms with E-state index in [4.69, 9.17) is 10.00 Å². The minimum absolute atomic E-state index is 0.128.